The fourth-order valence-electron chi connectivity index (χ4n) is 2.17. The highest BCUT2D eigenvalue weighted by atomic mass is 35.6. The lowest BCUT2D eigenvalue weighted by Crippen LogP contribution is -2.26. The minimum Gasteiger partial charge on any atom is -0.481 e. The second kappa shape index (κ2) is 9.26. The van der Waals surface area contributed by atoms with Crippen molar-refractivity contribution in [3.8, 4) is 0 Å². The number of amidine groups is 1. The summed E-state index contributed by atoms with van der Waals surface area (Å²) in [6.07, 6.45) is -0.972. The minimum absolute atomic E-state index is 0.345. The van der Waals surface area contributed by atoms with Gasteiger partial charge in [0.05, 0.1) is 7.11 Å². The van der Waals surface area contributed by atoms with Gasteiger partial charge >= 0.3 is 0 Å². The van der Waals surface area contributed by atoms with E-state index in [4.69, 9.17) is 39.5 Å². The number of nitrogens with one attached hydrogen (secondary N) is 1. The third-order valence-electron chi connectivity index (χ3n) is 3.44. The van der Waals surface area contributed by atoms with Crippen LogP contribution in [-0.4, -0.2) is 28.8 Å². The Bertz CT molecular complexity index is 769. The average Bonchev–Trinajstić information content (AvgIpc) is 2.59. The molecule has 0 aliphatic heterocycles. The van der Waals surface area contributed by atoms with Crippen molar-refractivity contribution in [2.24, 2.45) is 9.98 Å². The number of hydrogen-bond donors (Lipinski definition) is 1. The standard InChI is InChI=1S/C19H20Cl3N3O/c1-13-9-11-15(12-10-13)17(26-3)25-18(19(20,21)22)24-14(2)23-16-7-5-4-6-8-16/h4-12,18H,1-3H3,(H,23,24). The molecule has 0 radical (unpaired) electrons. The molecule has 1 N–H and O–H groups in total. The summed E-state index contributed by atoms with van der Waals surface area (Å²) in [4.78, 5) is 8.83. The zero-order valence-electron chi connectivity index (χ0n) is 14.7. The van der Waals surface area contributed by atoms with E-state index in [2.05, 4.69) is 15.3 Å². The average molecular weight is 413 g/mol. The van der Waals surface area contributed by atoms with Gasteiger partial charge in [0.15, 0.2) is 6.17 Å². The fraction of sp³-hybridized carbons (Fsp3) is 0.263. The third kappa shape index (κ3) is 6.20. The number of para-hydroxylation sites is 1. The lowest BCUT2D eigenvalue weighted by molar-refractivity contribution is 0.399. The van der Waals surface area contributed by atoms with Crippen LogP contribution in [0, 0.1) is 6.92 Å². The normalized spacial score (nSPS) is 14.1. The van der Waals surface area contributed by atoms with Gasteiger partial charge < -0.3 is 10.1 Å². The smallest absolute Gasteiger partial charge is 0.232 e. The van der Waals surface area contributed by atoms with Gasteiger partial charge in [-0.2, -0.15) is 0 Å². The van der Waals surface area contributed by atoms with Crippen molar-refractivity contribution in [2.75, 3.05) is 12.4 Å². The van der Waals surface area contributed by atoms with Crippen LogP contribution >= 0.6 is 34.8 Å². The highest BCUT2D eigenvalue weighted by molar-refractivity contribution is 6.68. The van der Waals surface area contributed by atoms with Crippen LogP contribution in [-0.2, 0) is 4.74 Å². The van der Waals surface area contributed by atoms with Gasteiger partial charge in [-0.05, 0) is 38.1 Å². The van der Waals surface area contributed by atoms with Crippen molar-refractivity contribution >= 4 is 52.2 Å². The summed E-state index contributed by atoms with van der Waals surface area (Å²) in [7, 11) is 1.52. The van der Waals surface area contributed by atoms with E-state index in [0.29, 0.717) is 11.7 Å². The van der Waals surface area contributed by atoms with Crippen molar-refractivity contribution in [1.29, 1.82) is 0 Å². The van der Waals surface area contributed by atoms with Crippen LogP contribution < -0.4 is 5.32 Å². The van der Waals surface area contributed by atoms with Crippen LogP contribution in [0.3, 0.4) is 0 Å². The molecule has 2 aromatic rings. The second-order valence-electron chi connectivity index (χ2n) is 5.63. The first-order valence-corrected chi connectivity index (χ1v) is 9.05. The Morgan fingerprint density at radius 1 is 1.00 bits per heavy atom. The summed E-state index contributed by atoms with van der Waals surface area (Å²) in [5.41, 5.74) is 2.79. The predicted octanol–water partition coefficient (Wildman–Crippen LogP) is 5.61. The van der Waals surface area contributed by atoms with Gasteiger partial charge in [-0.1, -0.05) is 70.7 Å². The first-order valence-electron chi connectivity index (χ1n) is 7.91. The molecule has 0 fully saturated rings. The van der Waals surface area contributed by atoms with E-state index >= 15 is 0 Å². The molecule has 0 bridgehead atoms. The first-order chi connectivity index (χ1) is 12.3. The summed E-state index contributed by atoms with van der Waals surface area (Å²) >= 11 is 18.3. The van der Waals surface area contributed by atoms with E-state index in [0.717, 1.165) is 16.8 Å². The number of alkyl halides is 3. The van der Waals surface area contributed by atoms with Crippen LogP contribution in [0.5, 0.6) is 0 Å². The van der Waals surface area contributed by atoms with Gasteiger partial charge in [-0.15, -0.1) is 0 Å². The highest BCUT2D eigenvalue weighted by Crippen LogP contribution is 2.33. The largest absolute Gasteiger partial charge is 0.481 e. The maximum Gasteiger partial charge on any atom is 0.232 e. The quantitative estimate of drug-likeness (QED) is 0.403. The number of anilines is 1. The first kappa shape index (κ1) is 20.6. The van der Waals surface area contributed by atoms with Crippen LogP contribution in [0.15, 0.2) is 64.6 Å². The van der Waals surface area contributed by atoms with Gasteiger partial charge in [0.2, 0.25) is 9.69 Å². The van der Waals surface area contributed by atoms with Gasteiger partial charge in [-0.25, -0.2) is 9.98 Å². The predicted molar refractivity (Wildman–Crippen MR) is 112 cm³/mol. The lowest BCUT2D eigenvalue weighted by Gasteiger charge is -2.19. The summed E-state index contributed by atoms with van der Waals surface area (Å²) in [5.74, 6) is 0.910. The Kier molecular flexibility index (Phi) is 7.33. The number of aryl methyl sites for hydroxylation is 1. The number of nitrogens with zero attached hydrogens (tertiary/aromatic N) is 2. The van der Waals surface area contributed by atoms with Gasteiger partial charge in [0.1, 0.15) is 5.84 Å². The number of benzene rings is 2. The number of halogens is 3. The van der Waals surface area contributed by atoms with Crippen molar-refractivity contribution in [3.63, 3.8) is 0 Å². The summed E-state index contributed by atoms with van der Waals surface area (Å²) in [6.45, 7) is 3.78. The highest BCUT2D eigenvalue weighted by Gasteiger charge is 2.33. The number of rotatable bonds is 4. The topological polar surface area (TPSA) is 46.0 Å². The molecule has 2 aromatic carbocycles. The Labute approximate surface area is 168 Å². The number of aliphatic imine (C=N–C) groups is 2. The Hall–Kier alpha value is -1.75. The number of ether oxygens (including phenoxy) is 1. The van der Waals surface area contributed by atoms with E-state index in [9.17, 15) is 0 Å². The van der Waals surface area contributed by atoms with Gasteiger partial charge in [0.25, 0.3) is 0 Å². The maximum atomic E-state index is 6.09. The van der Waals surface area contributed by atoms with E-state index in [-0.39, 0.29) is 0 Å². The lowest BCUT2D eigenvalue weighted by atomic mass is 10.1. The molecule has 138 valence electrons. The Morgan fingerprint density at radius 2 is 1.62 bits per heavy atom. The molecule has 4 nitrogen and oxygen atoms in total. The molecule has 0 spiro atoms. The number of hydrogen-bond acceptors (Lipinski definition) is 3. The molecule has 0 saturated carbocycles. The molecule has 7 heteroatoms. The summed E-state index contributed by atoms with van der Waals surface area (Å²) in [6, 6.07) is 17.3. The molecular weight excluding hydrogens is 393 g/mol. The zero-order chi connectivity index (χ0) is 19.2. The molecule has 0 amide bonds. The maximum absolute atomic E-state index is 6.09. The van der Waals surface area contributed by atoms with Crippen LogP contribution in [0.4, 0.5) is 5.69 Å². The second-order valence-corrected chi connectivity index (χ2v) is 7.99. The van der Waals surface area contributed by atoms with Gasteiger partial charge in [0, 0.05) is 11.3 Å². The monoisotopic (exact) mass is 411 g/mol. The Morgan fingerprint density at radius 3 is 2.15 bits per heavy atom. The fourth-order valence-corrected chi connectivity index (χ4v) is 2.47. The van der Waals surface area contributed by atoms with Gasteiger partial charge in [-0.3, -0.25) is 0 Å². The molecule has 2 rings (SSSR count). The van der Waals surface area contributed by atoms with Crippen molar-refractivity contribution in [2.45, 2.75) is 23.8 Å². The summed E-state index contributed by atoms with van der Waals surface area (Å²) in [5, 5.41) is 3.15. The molecule has 0 heterocycles. The molecule has 0 aliphatic rings. The van der Waals surface area contributed by atoms with Crippen LogP contribution in [0.2, 0.25) is 0 Å². The molecule has 0 saturated heterocycles. The molecule has 0 aromatic heterocycles. The summed E-state index contributed by atoms with van der Waals surface area (Å²) < 4.78 is 3.66. The van der Waals surface area contributed by atoms with E-state index in [1.54, 1.807) is 6.92 Å². The van der Waals surface area contributed by atoms with Crippen LogP contribution in [0.1, 0.15) is 18.1 Å². The number of methoxy groups -OCH3 is 1. The van der Waals surface area contributed by atoms with Crippen LogP contribution in [0.25, 0.3) is 0 Å². The van der Waals surface area contributed by atoms with E-state index < -0.39 is 9.96 Å². The SMILES string of the molecule is COC(=NC(N=C(C)Nc1ccccc1)C(Cl)(Cl)Cl)c1ccc(C)cc1. The minimum atomic E-state index is -1.73. The third-order valence-corrected chi connectivity index (χ3v) is 4.02. The van der Waals surface area contributed by atoms with Crippen molar-refractivity contribution in [3.05, 3.63) is 65.7 Å². The van der Waals surface area contributed by atoms with Crippen molar-refractivity contribution in [1.82, 2.24) is 0 Å². The Balaban J connectivity index is 2.31. The van der Waals surface area contributed by atoms with Crippen molar-refractivity contribution < 1.29 is 4.74 Å². The molecule has 0 aliphatic carbocycles. The molecule has 1 unspecified atom stereocenters. The van der Waals surface area contributed by atoms with E-state index in [1.807, 2.05) is 61.5 Å². The molecular formula is C19H20Cl3N3O. The van der Waals surface area contributed by atoms with E-state index in [1.165, 1.54) is 7.11 Å². The molecule has 26 heavy (non-hydrogen) atoms. The molecule has 1 atom stereocenters. The zero-order valence-corrected chi connectivity index (χ0v) is 17.0.